The van der Waals surface area contributed by atoms with Gasteiger partial charge in [-0.3, -0.25) is 0 Å². The van der Waals surface area contributed by atoms with Gasteiger partial charge >= 0.3 is 0 Å². The lowest BCUT2D eigenvalue weighted by molar-refractivity contribution is 1.45. The first-order valence-electron chi connectivity index (χ1n) is 3.15. The topological polar surface area (TPSA) is 64.9 Å². The fraction of sp³-hybridized carbons (Fsp3) is 0. The van der Waals surface area contributed by atoms with Crippen LogP contribution in [0.15, 0.2) is 17.6 Å². The highest BCUT2D eigenvalue weighted by Gasteiger charge is 2.00. The van der Waals surface area contributed by atoms with E-state index in [1.165, 1.54) is 11.3 Å². The van der Waals surface area contributed by atoms with Gasteiger partial charge in [-0.05, 0) is 6.07 Å². The van der Waals surface area contributed by atoms with Crippen molar-refractivity contribution in [2.75, 3.05) is 11.5 Å². The van der Waals surface area contributed by atoms with Gasteiger partial charge < -0.3 is 11.5 Å². The first kappa shape index (κ1) is 6.42. The average molecular weight is 165 g/mol. The van der Waals surface area contributed by atoms with Crippen molar-refractivity contribution in [2.45, 2.75) is 0 Å². The molecule has 0 aromatic carbocycles. The van der Waals surface area contributed by atoms with Gasteiger partial charge in [0.15, 0.2) is 0 Å². The van der Waals surface area contributed by atoms with Crippen molar-refractivity contribution in [3.05, 3.63) is 17.6 Å². The minimum atomic E-state index is 0.655. The van der Waals surface area contributed by atoms with Crippen molar-refractivity contribution >= 4 is 32.9 Å². The third kappa shape index (κ3) is 0.914. The largest absolute Gasteiger partial charge is 0.398 e. The molecule has 0 spiro atoms. The van der Waals surface area contributed by atoms with Crippen LogP contribution in [0, 0.1) is 0 Å². The summed E-state index contributed by atoms with van der Waals surface area (Å²) in [5.74, 6) is 0. The fourth-order valence-electron chi connectivity index (χ4n) is 0.952. The molecule has 0 atom stereocenters. The van der Waals surface area contributed by atoms with Crippen molar-refractivity contribution in [1.29, 1.82) is 0 Å². The molecule has 0 aliphatic rings. The van der Waals surface area contributed by atoms with Crippen molar-refractivity contribution in [3.8, 4) is 0 Å². The Morgan fingerprint density at radius 1 is 1.36 bits per heavy atom. The van der Waals surface area contributed by atoms with Crippen LogP contribution in [0.2, 0.25) is 0 Å². The fourth-order valence-corrected chi connectivity index (χ4v) is 1.73. The molecule has 0 saturated carbocycles. The molecule has 2 aromatic rings. The van der Waals surface area contributed by atoms with Crippen LogP contribution in [0.5, 0.6) is 0 Å². The zero-order chi connectivity index (χ0) is 7.84. The number of aromatic nitrogens is 1. The van der Waals surface area contributed by atoms with Crippen LogP contribution < -0.4 is 11.5 Å². The Bertz CT molecular complexity index is 393. The Balaban J connectivity index is 2.87. The molecular formula is C7H7N3S. The number of thiophene rings is 1. The van der Waals surface area contributed by atoms with E-state index in [0.29, 0.717) is 5.69 Å². The third-order valence-corrected chi connectivity index (χ3v) is 2.40. The van der Waals surface area contributed by atoms with E-state index in [1.807, 2.05) is 11.4 Å². The smallest absolute Gasteiger partial charge is 0.125 e. The lowest BCUT2D eigenvalue weighted by atomic mass is 10.3. The van der Waals surface area contributed by atoms with E-state index in [0.717, 1.165) is 15.9 Å². The summed E-state index contributed by atoms with van der Waals surface area (Å²) < 4.78 is 0. The molecular weight excluding hydrogens is 158 g/mol. The van der Waals surface area contributed by atoms with E-state index >= 15 is 0 Å². The summed E-state index contributed by atoms with van der Waals surface area (Å²) in [6, 6.07) is 1.84. The van der Waals surface area contributed by atoms with Gasteiger partial charge in [0.1, 0.15) is 4.83 Å². The summed E-state index contributed by atoms with van der Waals surface area (Å²) in [5.41, 5.74) is 12.6. The lowest BCUT2D eigenvalue weighted by Crippen LogP contribution is -1.86. The molecule has 11 heavy (non-hydrogen) atoms. The maximum atomic E-state index is 5.66. The molecule has 0 amide bonds. The average Bonchev–Trinajstić information content (AvgIpc) is 2.33. The zero-order valence-electron chi connectivity index (χ0n) is 5.74. The summed E-state index contributed by atoms with van der Waals surface area (Å²) in [7, 11) is 0. The van der Waals surface area contributed by atoms with Gasteiger partial charge in [-0.2, -0.15) is 0 Å². The van der Waals surface area contributed by atoms with Gasteiger partial charge in [0.2, 0.25) is 0 Å². The molecule has 2 heterocycles. The standard InChI is InChI=1S/C7H7N3S/c8-4-1-5-6(9)3-11-7(5)10-2-4/h1-3H,8-9H2. The summed E-state index contributed by atoms with van der Waals surface area (Å²) in [6.07, 6.45) is 1.64. The number of hydrogen-bond donors (Lipinski definition) is 2. The van der Waals surface area contributed by atoms with E-state index in [4.69, 9.17) is 11.5 Å². The summed E-state index contributed by atoms with van der Waals surface area (Å²) in [6.45, 7) is 0. The maximum Gasteiger partial charge on any atom is 0.125 e. The van der Waals surface area contributed by atoms with E-state index in [9.17, 15) is 0 Å². The first-order valence-corrected chi connectivity index (χ1v) is 4.03. The number of pyridine rings is 1. The Morgan fingerprint density at radius 2 is 2.18 bits per heavy atom. The highest BCUT2D eigenvalue weighted by Crippen LogP contribution is 2.26. The molecule has 0 unspecified atom stereocenters. The van der Waals surface area contributed by atoms with Crippen LogP contribution in [0.25, 0.3) is 10.2 Å². The monoisotopic (exact) mass is 165 g/mol. The van der Waals surface area contributed by atoms with Crippen LogP contribution >= 0.6 is 11.3 Å². The molecule has 56 valence electrons. The number of anilines is 2. The van der Waals surface area contributed by atoms with E-state index < -0.39 is 0 Å². The molecule has 0 bridgehead atoms. The highest BCUT2D eigenvalue weighted by atomic mass is 32.1. The van der Waals surface area contributed by atoms with Crippen molar-refractivity contribution in [3.63, 3.8) is 0 Å². The van der Waals surface area contributed by atoms with Crippen LogP contribution in [-0.2, 0) is 0 Å². The molecule has 3 nitrogen and oxygen atoms in total. The number of nitrogen functional groups attached to an aromatic ring is 2. The van der Waals surface area contributed by atoms with E-state index in [-0.39, 0.29) is 0 Å². The lowest BCUT2D eigenvalue weighted by Gasteiger charge is -1.92. The molecule has 4 heteroatoms. The second-order valence-corrected chi connectivity index (χ2v) is 3.17. The minimum absolute atomic E-state index is 0.655. The number of rotatable bonds is 0. The Labute approximate surface area is 67.7 Å². The predicted octanol–water partition coefficient (Wildman–Crippen LogP) is 1.46. The molecule has 0 radical (unpaired) electrons. The quantitative estimate of drug-likeness (QED) is 0.621. The number of nitrogens with two attached hydrogens (primary N) is 2. The second-order valence-electron chi connectivity index (χ2n) is 2.31. The summed E-state index contributed by atoms with van der Waals surface area (Å²) in [5, 5.41) is 2.83. The Hall–Kier alpha value is -1.29. The molecule has 0 saturated heterocycles. The van der Waals surface area contributed by atoms with Gasteiger partial charge in [0.25, 0.3) is 0 Å². The maximum absolute atomic E-state index is 5.66. The highest BCUT2D eigenvalue weighted by molar-refractivity contribution is 7.17. The molecule has 0 aliphatic carbocycles. The molecule has 2 rings (SSSR count). The summed E-state index contributed by atoms with van der Waals surface area (Å²) >= 11 is 1.53. The van der Waals surface area contributed by atoms with Gasteiger partial charge in [-0.15, -0.1) is 11.3 Å². The van der Waals surface area contributed by atoms with Crippen LogP contribution in [-0.4, -0.2) is 4.98 Å². The van der Waals surface area contributed by atoms with Crippen LogP contribution in [0.3, 0.4) is 0 Å². The third-order valence-electron chi connectivity index (χ3n) is 1.48. The number of fused-ring (bicyclic) bond motifs is 1. The molecule has 2 aromatic heterocycles. The van der Waals surface area contributed by atoms with Gasteiger partial charge in [0.05, 0.1) is 17.6 Å². The zero-order valence-corrected chi connectivity index (χ0v) is 6.56. The van der Waals surface area contributed by atoms with E-state index in [2.05, 4.69) is 4.98 Å². The Kier molecular flexibility index (Phi) is 1.22. The number of nitrogens with zero attached hydrogens (tertiary/aromatic N) is 1. The Morgan fingerprint density at radius 3 is 3.00 bits per heavy atom. The normalized spacial score (nSPS) is 10.5. The summed E-state index contributed by atoms with van der Waals surface area (Å²) in [4.78, 5) is 5.06. The molecule has 4 N–H and O–H groups in total. The van der Waals surface area contributed by atoms with Gasteiger partial charge in [-0.1, -0.05) is 0 Å². The predicted molar refractivity (Wildman–Crippen MR) is 48.4 cm³/mol. The van der Waals surface area contributed by atoms with Gasteiger partial charge in [0, 0.05) is 10.8 Å². The second kappa shape index (κ2) is 2.10. The number of hydrogen-bond acceptors (Lipinski definition) is 4. The van der Waals surface area contributed by atoms with Crippen molar-refractivity contribution in [1.82, 2.24) is 4.98 Å². The minimum Gasteiger partial charge on any atom is -0.398 e. The SMILES string of the molecule is Nc1cnc2scc(N)c2c1. The van der Waals surface area contributed by atoms with Crippen LogP contribution in [0.4, 0.5) is 11.4 Å². The first-order chi connectivity index (χ1) is 5.27. The van der Waals surface area contributed by atoms with Crippen LogP contribution in [0.1, 0.15) is 0 Å². The van der Waals surface area contributed by atoms with E-state index in [1.54, 1.807) is 6.20 Å². The van der Waals surface area contributed by atoms with Crippen molar-refractivity contribution in [2.24, 2.45) is 0 Å². The van der Waals surface area contributed by atoms with Gasteiger partial charge in [-0.25, -0.2) is 4.98 Å². The van der Waals surface area contributed by atoms with Crippen molar-refractivity contribution < 1.29 is 0 Å². The molecule has 0 aliphatic heterocycles. The molecule has 0 fully saturated rings.